The lowest BCUT2D eigenvalue weighted by atomic mass is 10.0. The van der Waals surface area contributed by atoms with Gasteiger partial charge in [0.2, 0.25) is 0 Å². The summed E-state index contributed by atoms with van der Waals surface area (Å²) in [7, 11) is -1.59. The van der Waals surface area contributed by atoms with Gasteiger partial charge < -0.3 is 5.73 Å². The Balaban J connectivity index is 1.89. The van der Waals surface area contributed by atoms with Crippen LogP contribution in [-0.4, -0.2) is 73.8 Å². The van der Waals surface area contributed by atoms with Gasteiger partial charge in [0, 0.05) is 38.8 Å². The Labute approximate surface area is 129 Å². The first-order chi connectivity index (χ1) is 9.95. The minimum atomic E-state index is -3.28. The summed E-state index contributed by atoms with van der Waals surface area (Å²) >= 11 is 0. The second-order valence-corrected chi connectivity index (χ2v) is 8.39. The molecule has 0 amide bonds. The lowest BCUT2D eigenvalue weighted by Gasteiger charge is -2.34. The molecule has 7 heteroatoms. The maximum Gasteiger partial charge on any atom is 0.281 e. The number of hydrogen-bond acceptors (Lipinski definition) is 4. The number of piperidine rings is 1. The average molecular weight is 318 g/mol. The van der Waals surface area contributed by atoms with E-state index in [-0.39, 0.29) is 0 Å². The summed E-state index contributed by atoms with van der Waals surface area (Å²) in [6.45, 7) is 5.98. The molecule has 0 aromatic carbocycles. The van der Waals surface area contributed by atoms with E-state index in [0.29, 0.717) is 31.7 Å². The van der Waals surface area contributed by atoms with Gasteiger partial charge in [0.25, 0.3) is 10.2 Å². The standard InChI is InChI=1S/C14H30N4O2S/c1-3-4-8-16(2)21(19,20)18-11-7-14(12-18)17-9-5-13(15)6-10-17/h13-14H,3-12,15H2,1-2H3. The highest BCUT2D eigenvalue weighted by atomic mass is 32.2. The van der Waals surface area contributed by atoms with Crippen molar-refractivity contribution in [2.75, 3.05) is 39.8 Å². The Bertz CT molecular complexity index is 421. The molecule has 2 rings (SSSR count). The Morgan fingerprint density at radius 3 is 2.48 bits per heavy atom. The van der Waals surface area contributed by atoms with Crippen molar-refractivity contribution >= 4 is 10.2 Å². The second kappa shape index (κ2) is 7.37. The van der Waals surface area contributed by atoms with Gasteiger partial charge in [-0.15, -0.1) is 0 Å². The second-order valence-electron chi connectivity index (χ2n) is 6.36. The summed E-state index contributed by atoms with van der Waals surface area (Å²) in [6, 6.07) is 0.689. The third kappa shape index (κ3) is 4.16. The van der Waals surface area contributed by atoms with E-state index >= 15 is 0 Å². The smallest absolute Gasteiger partial charge is 0.281 e. The van der Waals surface area contributed by atoms with Crippen LogP contribution in [0, 0.1) is 0 Å². The number of unbranched alkanes of at least 4 members (excludes halogenated alkanes) is 1. The average Bonchev–Trinajstić information content (AvgIpc) is 2.96. The molecule has 6 nitrogen and oxygen atoms in total. The van der Waals surface area contributed by atoms with Crippen LogP contribution in [0.3, 0.4) is 0 Å². The quantitative estimate of drug-likeness (QED) is 0.772. The highest BCUT2D eigenvalue weighted by Gasteiger charge is 2.36. The molecule has 2 heterocycles. The highest BCUT2D eigenvalue weighted by Crippen LogP contribution is 2.23. The largest absolute Gasteiger partial charge is 0.328 e. The van der Waals surface area contributed by atoms with Crippen molar-refractivity contribution in [3.8, 4) is 0 Å². The molecule has 2 aliphatic heterocycles. The zero-order chi connectivity index (χ0) is 15.5. The zero-order valence-electron chi connectivity index (χ0n) is 13.4. The van der Waals surface area contributed by atoms with E-state index in [1.165, 1.54) is 4.31 Å². The van der Waals surface area contributed by atoms with E-state index in [1.807, 2.05) is 0 Å². The number of nitrogens with zero attached hydrogens (tertiary/aromatic N) is 3. The molecule has 0 bridgehead atoms. The van der Waals surface area contributed by atoms with E-state index in [2.05, 4.69) is 11.8 Å². The maximum absolute atomic E-state index is 12.5. The van der Waals surface area contributed by atoms with Crippen molar-refractivity contribution in [2.24, 2.45) is 5.73 Å². The first kappa shape index (κ1) is 17.1. The van der Waals surface area contributed by atoms with E-state index in [0.717, 1.165) is 45.2 Å². The summed E-state index contributed by atoms with van der Waals surface area (Å²) < 4.78 is 28.2. The molecule has 124 valence electrons. The van der Waals surface area contributed by atoms with E-state index in [9.17, 15) is 8.42 Å². The van der Waals surface area contributed by atoms with Crippen LogP contribution in [0.2, 0.25) is 0 Å². The topological polar surface area (TPSA) is 69.9 Å². The SMILES string of the molecule is CCCCN(C)S(=O)(=O)N1CCC(N2CCC(N)CC2)C1. The summed E-state index contributed by atoms with van der Waals surface area (Å²) in [6.07, 6.45) is 4.92. The fourth-order valence-electron chi connectivity index (χ4n) is 3.20. The summed E-state index contributed by atoms with van der Waals surface area (Å²) in [5.41, 5.74) is 5.94. The van der Waals surface area contributed by atoms with E-state index in [1.54, 1.807) is 11.4 Å². The molecule has 2 fully saturated rings. The molecule has 2 N–H and O–H groups in total. The van der Waals surface area contributed by atoms with Gasteiger partial charge in [-0.3, -0.25) is 4.90 Å². The van der Waals surface area contributed by atoms with Crippen LogP contribution in [0.5, 0.6) is 0 Å². The fraction of sp³-hybridized carbons (Fsp3) is 1.00. The monoisotopic (exact) mass is 318 g/mol. The van der Waals surface area contributed by atoms with Gasteiger partial charge in [-0.25, -0.2) is 0 Å². The molecular formula is C14H30N4O2S. The molecule has 0 saturated carbocycles. The predicted octanol–water partition coefficient (Wildman–Crippen LogP) is 0.461. The van der Waals surface area contributed by atoms with Gasteiger partial charge in [-0.1, -0.05) is 13.3 Å². The summed E-state index contributed by atoms with van der Waals surface area (Å²) in [5.74, 6) is 0. The van der Waals surface area contributed by atoms with Crippen LogP contribution in [0.15, 0.2) is 0 Å². The zero-order valence-corrected chi connectivity index (χ0v) is 14.2. The minimum absolute atomic E-state index is 0.322. The normalized spacial score (nSPS) is 26.8. The Morgan fingerprint density at radius 1 is 1.19 bits per heavy atom. The lowest BCUT2D eigenvalue weighted by molar-refractivity contribution is 0.158. The van der Waals surface area contributed by atoms with Crippen LogP contribution < -0.4 is 5.73 Å². The molecule has 0 spiro atoms. The van der Waals surface area contributed by atoms with Gasteiger partial charge >= 0.3 is 0 Å². The minimum Gasteiger partial charge on any atom is -0.328 e. The van der Waals surface area contributed by atoms with Crippen LogP contribution in [0.4, 0.5) is 0 Å². The van der Waals surface area contributed by atoms with Crippen molar-refractivity contribution in [1.82, 2.24) is 13.5 Å². The van der Waals surface area contributed by atoms with Gasteiger partial charge in [-0.05, 0) is 38.8 Å². The van der Waals surface area contributed by atoms with Gasteiger partial charge in [-0.2, -0.15) is 17.0 Å². The number of nitrogens with two attached hydrogens (primary N) is 1. The first-order valence-electron chi connectivity index (χ1n) is 8.16. The lowest BCUT2D eigenvalue weighted by Crippen LogP contribution is -2.47. The number of hydrogen-bond donors (Lipinski definition) is 1. The molecule has 0 aliphatic carbocycles. The number of likely N-dealkylation sites (tertiary alicyclic amines) is 1. The van der Waals surface area contributed by atoms with Crippen LogP contribution in [0.1, 0.15) is 39.0 Å². The summed E-state index contributed by atoms with van der Waals surface area (Å²) in [4.78, 5) is 2.42. The summed E-state index contributed by atoms with van der Waals surface area (Å²) in [5, 5.41) is 0. The predicted molar refractivity (Wildman–Crippen MR) is 85.2 cm³/mol. The van der Waals surface area contributed by atoms with Crippen molar-refractivity contribution in [1.29, 1.82) is 0 Å². The fourth-order valence-corrected chi connectivity index (χ4v) is 4.65. The van der Waals surface area contributed by atoms with Crippen LogP contribution >= 0.6 is 0 Å². The molecule has 0 aromatic rings. The van der Waals surface area contributed by atoms with Crippen molar-refractivity contribution in [3.05, 3.63) is 0 Å². The van der Waals surface area contributed by atoms with Crippen LogP contribution in [0.25, 0.3) is 0 Å². The Kier molecular flexibility index (Phi) is 6.02. The third-order valence-corrected chi connectivity index (χ3v) is 6.72. The molecular weight excluding hydrogens is 288 g/mol. The third-order valence-electron chi connectivity index (χ3n) is 4.76. The van der Waals surface area contributed by atoms with Crippen molar-refractivity contribution in [2.45, 2.75) is 51.1 Å². The number of rotatable bonds is 6. The van der Waals surface area contributed by atoms with E-state index in [4.69, 9.17) is 5.73 Å². The maximum atomic E-state index is 12.5. The van der Waals surface area contributed by atoms with Crippen LogP contribution in [-0.2, 0) is 10.2 Å². The first-order valence-corrected chi connectivity index (χ1v) is 9.56. The molecule has 1 unspecified atom stereocenters. The molecule has 2 saturated heterocycles. The molecule has 21 heavy (non-hydrogen) atoms. The Morgan fingerprint density at radius 2 is 1.86 bits per heavy atom. The van der Waals surface area contributed by atoms with Crippen molar-refractivity contribution in [3.63, 3.8) is 0 Å². The highest BCUT2D eigenvalue weighted by molar-refractivity contribution is 7.86. The van der Waals surface area contributed by atoms with Crippen molar-refractivity contribution < 1.29 is 8.42 Å². The molecule has 0 radical (unpaired) electrons. The molecule has 1 atom stereocenters. The van der Waals surface area contributed by atoms with E-state index < -0.39 is 10.2 Å². The van der Waals surface area contributed by atoms with Gasteiger partial charge in [0.1, 0.15) is 0 Å². The van der Waals surface area contributed by atoms with Gasteiger partial charge in [0.15, 0.2) is 0 Å². The van der Waals surface area contributed by atoms with Gasteiger partial charge in [0.05, 0.1) is 0 Å². The Hall–Kier alpha value is -0.210. The molecule has 2 aliphatic rings. The molecule has 0 aromatic heterocycles.